The van der Waals surface area contributed by atoms with Gasteiger partial charge in [0, 0.05) is 70.2 Å². The van der Waals surface area contributed by atoms with Crippen LogP contribution < -0.4 is 5.56 Å². The molecule has 13 heteroatoms. The Morgan fingerprint density at radius 3 is 2.27 bits per heavy atom. The van der Waals surface area contributed by atoms with Crippen LogP contribution in [-0.4, -0.2) is 136 Å². The minimum atomic E-state index is -0.595. The second kappa shape index (κ2) is 15.5. The fourth-order valence-electron chi connectivity index (χ4n) is 7.45. The number of nitrogens with zero attached hydrogens (tertiary/aromatic N) is 6. The quantitative estimate of drug-likeness (QED) is 0.397. The monoisotopic (exact) mass is 703 g/mol. The van der Waals surface area contributed by atoms with Crippen molar-refractivity contribution in [3.05, 3.63) is 75.5 Å². The maximum Gasteiger partial charge on any atom is 0.410 e. The highest BCUT2D eigenvalue weighted by molar-refractivity contribution is 5.95. The first-order valence-electron chi connectivity index (χ1n) is 18.1. The first-order chi connectivity index (χ1) is 24.3. The van der Waals surface area contributed by atoms with Gasteiger partial charge in [-0.3, -0.25) is 24.2 Å². The summed E-state index contributed by atoms with van der Waals surface area (Å²) < 4.78 is 20.5. The van der Waals surface area contributed by atoms with Crippen LogP contribution in [0.3, 0.4) is 0 Å². The topological polar surface area (TPSA) is 122 Å². The Morgan fingerprint density at radius 1 is 0.902 bits per heavy atom. The fourth-order valence-corrected chi connectivity index (χ4v) is 7.45. The second-order valence-corrected chi connectivity index (χ2v) is 15.2. The first-order valence-corrected chi connectivity index (χ1v) is 18.1. The van der Waals surface area contributed by atoms with Crippen molar-refractivity contribution in [1.29, 1.82) is 0 Å². The molecule has 3 aliphatic rings. The number of aromatic amines is 1. The van der Waals surface area contributed by atoms with Gasteiger partial charge < -0.3 is 19.4 Å². The summed E-state index contributed by atoms with van der Waals surface area (Å²) in [4.78, 5) is 61.4. The molecule has 1 unspecified atom stereocenters. The summed E-state index contributed by atoms with van der Waals surface area (Å²) >= 11 is 0. The molecule has 3 saturated heterocycles. The van der Waals surface area contributed by atoms with E-state index in [0.29, 0.717) is 73.6 Å². The summed E-state index contributed by atoms with van der Waals surface area (Å²) in [6, 6.07) is 11.8. The maximum atomic E-state index is 15.0. The Bertz CT molecular complexity index is 1790. The molecule has 6 rings (SSSR count). The van der Waals surface area contributed by atoms with Crippen LogP contribution >= 0.6 is 0 Å². The smallest absolute Gasteiger partial charge is 0.410 e. The third kappa shape index (κ3) is 8.93. The number of carbonyl (C=O) groups is 3. The van der Waals surface area contributed by atoms with E-state index in [9.17, 15) is 23.6 Å². The highest BCUT2D eigenvalue weighted by atomic mass is 19.1. The largest absolute Gasteiger partial charge is 0.444 e. The average Bonchev–Trinajstić information content (AvgIpc) is 3.10. The van der Waals surface area contributed by atoms with Crippen molar-refractivity contribution >= 4 is 28.7 Å². The molecule has 274 valence electrons. The molecule has 0 bridgehead atoms. The van der Waals surface area contributed by atoms with Crippen molar-refractivity contribution < 1.29 is 23.5 Å². The summed E-state index contributed by atoms with van der Waals surface area (Å²) in [7, 11) is 0. The fraction of sp³-hybridized carbons (Fsp3) is 0.553. The number of benzene rings is 2. The molecular formula is C38H50FN7O5. The molecule has 1 atom stereocenters. The van der Waals surface area contributed by atoms with Crippen LogP contribution in [0.15, 0.2) is 47.3 Å². The number of hydrogen-bond acceptors (Lipinski definition) is 8. The number of likely N-dealkylation sites (tertiary alicyclic amines) is 1. The van der Waals surface area contributed by atoms with E-state index in [4.69, 9.17) is 4.74 Å². The van der Waals surface area contributed by atoms with Crippen LogP contribution in [0.2, 0.25) is 0 Å². The summed E-state index contributed by atoms with van der Waals surface area (Å²) in [6.07, 6.45) is 2.13. The van der Waals surface area contributed by atoms with E-state index in [0.717, 1.165) is 45.6 Å². The van der Waals surface area contributed by atoms with E-state index in [-0.39, 0.29) is 29.2 Å². The van der Waals surface area contributed by atoms with Gasteiger partial charge in [0.25, 0.3) is 11.5 Å². The van der Waals surface area contributed by atoms with Gasteiger partial charge in [0.2, 0.25) is 5.91 Å². The maximum absolute atomic E-state index is 15.0. The van der Waals surface area contributed by atoms with Crippen molar-refractivity contribution in [2.45, 2.75) is 58.6 Å². The van der Waals surface area contributed by atoms with Gasteiger partial charge in [-0.2, -0.15) is 5.10 Å². The zero-order valence-electron chi connectivity index (χ0n) is 30.2. The molecule has 0 spiro atoms. The number of rotatable bonds is 7. The molecule has 4 heterocycles. The van der Waals surface area contributed by atoms with Gasteiger partial charge in [0.1, 0.15) is 11.4 Å². The van der Waals surface area contributed by atoms with Crippen molar-refractivity contribution in [2.75, 3.05) is 72.0 Å². The second-order valence-electron chi connectivity index (χ2n) is 15.2. The van der Waals surface area contributed by atoms with Crippen LogP contribution in [0.4, 0.5) is 9.18 Å². The van der Waals surface area contributed by atoms with Crippen molar-refractivity contribution in [2.24, 2.45) is 5.92 Å². The lowest BCUT2D eigenvalue weighted by Crippen LogP contribution is -2.56. The molecule has 3 aliphatic heterocycles. The van der Waals surface area contributed by atoms with Crippen LogP contribution in [0.5, 0.6) is 0 Å². The number of amides is 3. The van der Waals surface area contributed by atoms with E-state index >= 15 is 0 Å². The van der Waals surface area contributed by atoms with E-state index in [2.05, 4.69) is 26.9 Å². The minimum Gasteiger partial charge on any atom is -0.444 e. The van der Waals surface area contributed by atoms with E-state index in [1.165, 1.54) is 6.07 Å². The third-order valence-corrected chi connectivity index (χ3v) is 10.2. The molecule has 0 saturated carbocycles. The van der Waals surface area contributed by atoms with Crippen LogP contribution in [0.25, 0.3) is 10.8 Å². The molecule has 12 nitrogen and oxygen atoms in total. The standard InChI is InChI=1S/C38H50FN7O5/c1-26-23-43(15-20-46(26)37(50)51-38(2,3)4)24-27-11-13-42(14-12-27)25-34(47)44-16-18-45(19-17-44)36(49)31-21-28(9-10-32(31)39)22-33-29-7-5-6-8-30(29)35(48)41-40-33/h5-10,21,26-27H,11-20,22-25H2,1-4H3,(H,41,48). The lowest BCUT2D eigenvalue weighted by molar-refractivity contribution is -0.134. The number of nitrogens with one attached hydrogen (secondary N) is 1. The minimum absolute atomic E-state index is 0.0109. The normalized spacial score (nSPS) is 19.8. The van der Waals surface area contributed by atoms with Gasteiger partial charge in [-0.1, -0.05) is 24.3 Å². The number of piperidine rings is 1. The lowest BCUT2D eigenvalue weighted by Gasteiger charge is -2.42. The van der Waals surface area contributed by atoms with Crippen molar-refractivity contribution in [3.8, 4) is 0 Å². The highest BCUT2D eigenvalue weighted by Crippen LogP contribution is 2.23. The van der Waals surface area contributed by atoms with E-state index < -0.39 is 17.3 Å². The predicted molar refractivity (Wildman–Crippen MR) is 192 cm³/mol. The molecule has 2 aromatic carbocycles. The lowest BCUT2D eigenvalue weighted by atomic mass is 9.95. The molecule has 1 N–H and O–H groups in total. The molecular weight excluding hydrogens is 653 g/mol. The molecule has 0 radical (unpaired) electrons. The Labute approximate surface area is 298 Å². The number of carbonyl (C=O) groups excluding carboxylic acids is 3. The molecule has 3 fully saturated rings. The van der Waals surface area contributed by atoms with Crippen LogP contribution in [-0.2, 0) is 16.0 Å². The number of piperazine rings is 2. The average molecular weight is 704 g/mol. The van der Waals surface area contributed by atoms with Gasteiger partial charge >= 0.3 is 6.09 Å². The number of fused-ring (bicyclic) bond motifs is 1. The molecule has 51 heavy (non-hydrogen) atoms. The van der Waals surface area contributed by atoms with Crippen molar-refractivity contribution in [1.82, 2.24) is 34.7 Å². The Hall–Kier alpha value is -4.36. The Kier molecular flexibility index (Phi) is 11.1. The van der Waals surface area contributed by atoms with E-state index in [1.807, 2.05) is 37.8 Å². The first kappa shape index (κ1) is 36.4. The number of hydrogen-bond donors (Lipinski definition) is 1. The van der Waals surface area contributed by atoms with Gasteiger partial charge in [0.05, 0.1) is 23.2 Å². The molecule has 3 aromatic rings. The molecule has 3 amide bonds. The molecule has 1 aromatic heterocycles. The summed E-state index contributed by atoms with van der Waals surface area (Å²) in [5, 5.41) is 7.98. The van der Waals surface area contributed by atoms with Gasteiger partial charge in [-0.05, 0) is 83.3 Å². The number of ether oxygens (including phenoxy) is 1. The summed E-state index contributed by atoms with van der Waals surface area (Å²) in [6.45, 7) is 14.6. The van der Waals surface area contributed by atoms with Crippen molar-refractivity contribution in [3.63, 3.8) is 0 Å². The SMILES string of the molecule is CC1CN(CC2CCN(CC(=O)N3CCN(C(=O)c4cc(Cc5n[nH]c(=O)c6ccccc56)ccc4F)CC3)CC2)CCN1C(=O)OC(C)(C)C. The highest BCUT2D eigenvalue weighted by Gasteiger charge is 2.33. The van der Waals surface area contributed by atoms with Crippen LogP contribution in [0, 0.1) is 11.7 Å². The number of aromatic nitrogens is 2. The Balaban J connectivity index is 0.941. The zero-order chi connectivity index (χ0) is 36.3. The number of H-pyrrole nitrogens is 1. The van der Waals surface area contributed by atoms with E-state index in [1.54, 1.807) is 34.1 Å². The Morgan fingerprint density at radius 2 is 1.59 bits per heavy atom. The summed E-state index contributed by atoms with van der Waals surface area (Å²) in [5.74, 6) is -0.384. The van der Waals surface area contributed by atoms with Gasteiger partial charge in [-0.25, -0.2) is 14.3 Å². The summed E-state index contributed by atoms with van der Waals surface area (Å²) in [5.41, 5.74) is 0.549. The van der Waals surface area contributed by atoms with Gasteiger partial charge in [-0.15, -0.1) is 0 Å². The van der Waals surface area contributed by atoms with Crippen LogP contribution in [0.1, 0.15) is 62.2 Å². The predicted octanol–water partition coefficient (Wildman–Crippen LogP) is 3.59. The zero-order valence-corrected chi connectivity index (χ0v) is 30.2. The molecule has 0 aliphatic carbocycles. The third-order valence-electron chi connectivity index (χ3n) is 10.2. The number of halogens is 1. The van der Waals surface area contributed by atoms with Gasteiger partial charge in [0.15, 0.2) is 0 Å².